The third-order valence-corrected chi connectivity index (χ3v) is 2.17. The number of thiol groups is 1. The van der Waals surface area contributed by atoms with E-state index < -0.39 is 10.7 Å². The van der Waals surface area contributed by atoms with Crippen LogP contribution < -0.4 is 0 Å². The maximum atomic E-state index is 10.5. The van der Waals surface area contributed by atoms with Crippen LogP contribution in [0.5, 0.6) is 0 Å². The van der Waals surface area contributed by atoms with Crippen molar-refractivity contribution in [2.24, 2.45) is 0 Å². The molecule has 0 radical (unpaired) electrons. The first kappa shape index (κ1) is 8.18. The number of hydrogen-bond donors (Lipinski definition) is 1. The molecule has 1 aromatic heterocycles. The van der Waals surface area contributed by atoms with Crippen LogP contribution in [0.3, 0.4) is 0 Å². The molecule has 2 rings (SSSR count). The van der Waals surface area contributed by atoms with E-state index in [0.717, 1.165) is 5.52 Å². The highest BCUT2D eigenvalue weighted by molar-refractivity contribution is 7.71. The van der Waals surface area contributed by atoms with Crippen LogP contribution in [0, 0.1) is 0 Å². The number of para-hydroxylation sites is 1. The minimum atomic E-state index is -2.46. The largest absolute Gasteiger partial charge is 0.230 e. The summed E-state index contributed by atoms with van der Waals surface area (Å²) in [7, 11) is -2.46. The normalized spacial score (nSPS) is 11.2. The maximum Gasteiger partial charge on any atom is 0.160 e. The van der Waals surface area contributed by atoms with E-state index in [9.17, 15) is 8.42 Å². The Bertz CT molecular complexity index is 495. The summed E-state index contributed by atoms with van der Waals surface area (Å²) >= 11 is 0. The lowest BCUT2D eigenvalue weighted by molar-refractivity contribution is 0.594. The fourth-order valence-corrected chi connectivity index (χ4v) is 1.56. The second-order valence-electron chi connectivity index (χ2n) is 2.55. The zero-order valence-corrected chi connectivity index (χ0v) is 7.52. The predicted molar refractivity (Wildman–Crippen MR) is 47.8 cm³/mol. The van der Waals surface area contributed by atoms with E-state index in [4.69, 9.17) is 0 Å². The number of nitrogens with zero attached hydrogens (tertiary/aromatic N) is 3. The van der Waals surface area contributed by atoms with Gasteiger partial charge in [-0.1, -0.05) is 17.3 Å². The average molecular weight is 197 g/mol. The van der Waals surface area contributed by atoms with Gasteiger partial charge in [0.1, 0.15) is 11.4 Å². The molecule has 6 heteroatoms. The molecule has 68 valence electrons. The molecule has 0 bridgehead atoms. The van der Waals surface area contributed by atoms with Crippen molar-refractivity contribution in [2.75, 3.05) is 0 Å². The predicted octanol–water partition coefficient (Wildman–Crippen LogP) is 0.000200. The van der Waals surface area contributed by atoms with Gasteiger partial charge in [-0.15, -0.1) is 5.10 Å². The summed E-state index contributed by atoms with van der Waals surface area (Å²) in [5.41, 5.74) is 1.45. The molecule has 0 saturated heterocycles. The number of hydrogen-bond acceptors (Lipinski definition) is 4. The van der Waals surface area contributed by atoms with Gasteiger partial charge in [-0.05, 0) is 12.1 Å². The van der Waals surface area contributed by atoms with Crippen molar-refractivity contribution in [3.8, 4) is 0 Å². The van der Waals surface area contributed by atoms with Crippen molar-refractivity contribution in [2.45, 2.75) is 5.88 Å². The Morgan fingerprint density at radius 1 is 1.31 bits per heavy atom. The third kappa shape index (κ3) is 1.52. The second-order valence-corrected chi connectivity index (χ2v) is 3.50. The molecule has 0 unspecified atom stereocenters. The van der Waals surface area contributed by atoms with E-state index in [1.165, 1.54) is 4.68 Å². The van der Waals surface area contributed by atoms with E-state index in [-0.39, 0.29) is 5.88 Å². The lowest BCUT2D eigenvalue weighted by Crippen LogP contribution is -2.00. The number of rotatable bonds is 2. The fourth-order valence-electron chi connectivity index (χ4n) is 1.13. The molecular formula is C7H7N3O2S. The van der Waals surface area contributed by atoms with Crippen LogP contribution in [0.2, 0.25) is 0 Å². The van der Waals surface area contributed by atoms with Gasteiger partial charge in [0.15, 0.2) is 10.7 Å². The van der Waals surface area contributed by atoms with Crippen molar-refractivity contribution in [3.05, 3.63) is 24.3 Å². The van der Waals surface area contributed by atoms with Gasteiger partial charge in [0.2, 0.25) is 0 Å². The van der Waals surface area contributed by atoms with Crippen LogP contribution in [0.15, 0.2) is 24.3 Å². The molecule has 0 aliphatic heterocycles. The molecule has 1 heterocycles. The molecule has 0 atom stereocenters. The molecular weight excluding hydrogens is 190 g/mol. The highest BCUT2D eigenvalue weighted by atomic mass is 32.2. The van der Waals surface area contributed by atoms with E-state index in [2.05, 4.69) is 10.3 Å². The van der Waals surface area contributed by atoms with Crippen molar-refractivity contribution in [3.63, 3.8) is 0 Å². The Labute approximate surface area is 75.9 Å². The first-order valence-electron chi connectivity index (χ1n) is 3.67. The molecule has 0 spiro atoms. The zero-order valence-electron chi connectivity index (χ0n) is 6.62. The monoisotopic (exact) mass is 197 g/mol. The molecule has 0 amide bonds. The zero-order chi connectivity index (χ0) is 9.26. The van der Waals surface area contributed by atoms with E-state index in [0.29, 0.717) is 5.52 Å². The second kappa shape index (κ2) is 3.14. The summed E-state index contributed by atoms with van der Waals surface area (Å²) in [6.45, 7) is 0. The summed E-state index contributed by atoms with van der Waals surface area (Å²) in [5, 5.41) is 7.54. The van der Waals surface area contributed by atoms with Crippen LogP contribution in [-0.4, -0.2) is 23.4 Å². The Morgan fingerprint density at radius 2 is 2.08 bits per heavy atom. The van der Waals surface area contributed by atoms with E-state index >= 15 is 0 Å². The Kier molecular flexibility index (Phi) is 1.97. The Morgan fingerprint density at radius 3 is 2.85 bits per heavy atom. The fraction of sp³-hybridized carbons (Fsp3) is 0.143. The van der Waals surface area contributed by atoms with Gasteiger partial charge in [0.25, 0.3) is 0 Å². The lowest BCUT2D eigenvalue weighted by Gasteiger charge is -1.93. The highest BCUT2D eigenvalue weighted by Crippen LogP contribution is 2.08. The van der Waals surface area contributed by atoms with Crippen LogP contribution in [-0.2, 0) is 16.6 Å². The Balaban J connectivity index is 2.57. The lowest BCUT2D eigenvalue weighted by atomic mass is 10.3. The van der Waals surface area contributed by atoms with Crippen LogP contribution in [0.4, 0.5) is 0 Å². The van der Waals surface area contributed by atoms with Gasteiger partial charge in [0, 0.05) is 0 Å². The van der Waals surface area contributed by atoms with Crippen molar-refractivity contribution in [1.29, 1.82) is 0 Å². The molecule has 2 aromatic rings. The number of fused-ring (bicyclic) bond motifs is 1. The molecule has 0 N–H and O–H groups in total. The van der Waals surface area contributed by atoms with Crippen LogP contribution >= 0.6 is 0 Å². The van der Waals surface area contributed by atoms with Crippen LogP contribution in [0.25, 0.3) is 11.0 Å². The van der Waals surface area contributed by atoms with E-state index in [1.807, 2.05) is 12.1 Å². The van der Waals surface area contributed by atoms with Gasteiger partial charge in [0.05, 0.1) is 5.52 Å². The topological polar surface area (TPSA) is 64.8 Å². The van der Waals surface area contributed by atoms with Crippen molar-refractivity contribution < 1.29 is 8.42 Å². The van der Waals surface area contributed by atoms with Crippen molar-refractivity contribution in [1.82, 2.24) is 15.0 Å². The molecule has 0 aliphatic rings. The van der Waals surface area contributed by atoms with Crippen molar-refractivity contribution >= 4 is 21.7 Å². The summed E-state index contributed by atoms with van der Waals surface area (Å²) in [4.78, 5) is 0. The summed E-state index contributed by atoms with van der Waals surface area (Å²) in [6, 6.07) is 7.23. The highest BCUT2D eigenvalue weighted by Gasteiger charge is 2.02. The first-order valence-corrected chi connectivity index (χ1v) is 5.03. The SMILES string of the molecule is O=[SH](=O)Cn1nnc2ccccc21. The summed E-state index contributed by atoms with van der Waals surface area (Å²) < 4.78 is 22.3. The van der Waals surface area contributed by atoms with Gasteiger partial charge in [-0.25, -0.2) is 13.1 Å². The van der Waals surface area contributed by atoms with Gasteiger partial charge < -0.3 is 0 Å². The standard InChI is InChI=1S/C7H7N3O2S/c11-13(12)5-10-7-4-2-1-3-6(7)8-9-10/h1-4,13H,5H2. The smallest absolute Gasteiger partial charge is 0.160 e. The summed E-state index contributed by atoms with van der Waals surface area (Å²) in [6.07, 6.45) is 0. The number of benzene rings is 1. The third-order valence-electron chi connectivity index (χ3n) is 1.67. The van der Waals surface area contributed by atoms with Gasteiger partial charge >= 0.3 is 0 Å². The molecule has 13 heavy (non-hydrogen) atoms. The minimum Gasteiger partial charge on any atom is -0.230 e. The molecule has 1 aromatic carbocycles. The summed E-state index contributed by atoms with van der Waals surface area (Å²) in [5.74, 6) is -0.115. The number of aromatic nitrogens is 3. The molecule has 0 fully saturated rings. The van der Waals surface area contributed by atoms with Gasteiger partial charge in [-0.3, -0.25) is 0 Å². The molecule has 0 aliphatic carbocycles. The Hall–Kier alpha value is -1.43. The molecule has 5 nitrogen and oxygen atoms in total. The minimum absolute atomic E-state index is 0.115. The quantitative estimate of drug-likeness (QED) is 0.688. The van der Waals surface area contributed by atoms with Gasteiger partial charge in [-0.2, -0.15) is 0 Å². The maximum absolute atomic E-state index is 10.5. The van der Waals surface area contributed by atoms with E-state index in [1.54, 1.807) is 12.1 Å². The average Bonchev–Trinajstić information content (AvgIpc) is 2.48. The molecule has 0 saturated carbocycles. The van der Waals surface area contributed by atoms with Crippen LogP contribution in [0.1, 0.15) is 0 Å². The first-order chi connectivity index (χ1) is 6.27.